The molecule has 0 aromatic heterocycles. The topological polar surface area (TPSA) is 131 Å². The summed E-state index contributed by atoms with van der Waals surface area (Å²) in [7, 11) is -4.40. The van der Waals surface area contributed by atoms with Crippen LogP contribution in [0.4, 0.5) is 0 Å². The fourth-order valence-corrected chi connectivity index (χ4v) is 5.93. The third-order valence-corrected chi connectivity index (χ3v) is 9.12. The summed E-state index contributed by atoms with van der Waals surface area (Å²) in [6, 6.07) is 0. The Morgan fingerprint density at radius 2 is 1.12 bits per heavy atom. The first-order valence-electron chi connectivity index (χ1n) is 19.3. The van der Waals surface area contributed by atoms with E-state index in [1.165, 1.54) is 103 Å². The number of phosphoric acid groups is 1. The molecule has 0 fully saturated rings. The van der Waals surface area contributed by atoms with Crippen molar-refractivity contribution in [3.8, 4) is 0 Å². The molecule has 48 heavy (non-hydrogen) atoms. The first-order chi connectivity index (χ1) is 23.3. The number of amides is 1. The third kappa shape index (κ3) is 35.8. The van der Waals surface area contributed by atoms with E-state index in [2.05, 4.69) is 43.5 Å². The summed E-state index contributed by atoms with van der Waals surface area (Å²) >= 11 is 0. The molecule has 0 aliphatic carbocycles. The molecule has 0 saturated heterocycles. The number of nitrogens with one attached hydrogen (secondary N) is 1. The van der Waals surface area contributed by atoms with Crippen LogP contribution in [0.15, 0.2) is 24.3 Å². The second-order valence-electron chi connectivity index (χ2n) is 12.9. The maximum Gasteiger partial charge on any atom is 0.472 e. The van der Waals surface area contributed by atoms with Gasteiger partial charge in [-0.1, -0.05) is 141 Å². The van der Waals surface area contributed by atoms with Crippen molar-refractivity contribution in [1.82, 2.24) is 5.32 Å². The van der Waals surface area contributed by atoms with Gasteiger partial charge in [-0.2, -0.15) is 0 Å². The molecule has 0 bridgehead atoms. The van der Waals surface area contributed by atoms with Gasteiger partial charge in [0.05, 0.1) is 13.2 Å². The summed E-state index contributed by atoms with van der Waals surface area (Å²) in [5.41, 5.74) is 0. The van der Waals surface area contributed by atoms with E-state index < -0.39 is 26.5 Å². The van der Waals surface area contributed by atoms with Crippen LogP contribution in [-0.4, -0.2) is 54.3 Å². The number of unbranched alkanes of at least 4 members (excludes halogenated alkanes) is 19. The quantitative estimate of drug-likeness (QED) is 0.0255. The van der Waals surface area contributed by atoms with Crippen molar-refractivity contribution < 1.29 is 37.9 Å². The summed E-state index contributed by atoms with van der Waals surface area (Å²) in [6.07, 6.45) is 35.4. The second-order valence-corrected chi connectivity index (χ2v) is 14.4. The van der Waals surface area contributed by atoms with Gasteiger partial charge in [0.25, 0.3) is 0 Å². The van der Waals surface area contributed by atoms with Gasteiger partial charge in [-0.3, -0.25) is 18.6 Å². The summed E-state index contributed by atoms with van der Waals surface area (Å²) in [6.45, 7) is 3.49. The Hall–Kier alpha value is -1.51. The first kappa shape index (κ1) is 46.5. The number of ether oxygens (including phenoxy) is 1. The normalized spacial score (nSPS) is 13.7. The predicted octanol–water partition coefficient (Wildman–Crippen LogP) is 10.0. The minimum Gasteiger partial charge on any atom is -0.463 e. The molecule has 0 radical (unpaired) electrons. The molecule has 0 aromatic carbocycles. The fraction of sp³-hybridized carbons (Fsp3) is 0.842. The number of aliphatic hydroxyl groups is 1. The van der Waals surface area contributed by atoms with Gasteiger partial charge in [-0.15, -0.1) is 0 Å². The number of allylic oxidation sites excluding steroid dienone is 4. The summed E-state index contributed by atoms with van der Waals surface area (Å²) in [5.74, 6) is -0.523. The highest BCUT2D eigenvalue weighted by molar-refractivity contribution is 7.47. The van der Waals surface area contributed by atoms with Crippen LogP contribution in [0, 0.1) is 0 Å². The Kier molecular flexibility index (Phi) is 34.2. The average Bonchev–Trinajstić information content (AvgIpc) is 3.07. The highest BCUT2D eigenvalue weighted by atomic mass is 31.2. The molecule has 0 rings (SSSR count). The van der Waals surface area contributed by atoms with Crippen LogP contribution in [-0.2, 0) is 27.9 Å². The molecule has 10 heteroatoms. The molecule has 2 atom stereocenters. The maximum absolute atomic E-state index is 12.0. The van der Waals surface area contributed by atoms with Gasteiger partial charge >= 0.3 is 13.8 Å². The van der Waals surface area contributed by atoms with E-state index in [9.17, 15) is 24.2 Å². The summed E-state index contributed by atoms with van der Waals surface area (Å²) < 4.78 is 26.7. The molecule has 0 aliphatic rings. The Morgan fingerprint density at radius 3 is 1.71 bits per heavy atom. The lowest BCUT2D eigenvalue weighted by Gasteiger charge is -2.15. The third-order valence-electron chi connectivity index (χ3n) is 8.13. The molecule has 2 unspecified atom stereocenters. The largest absolute Gasteiger partial charge is 0.472 e. The highest BCUT2D eigenvalue weighted by Crippen LogP contribution is 2.42. The van der Waals surface area contributed by atoms with Crippen LogP contribution < -0.4 is 5.32 Å². The molecule has 1 amide bonds. The Labute approximate surface area is 293 Å². The van der Waals surface area contributed by atoms with Crippen molar-refractivity contribution in [2.24, 2.45) is 0 Å². The summed E-state index contributed by atoms with van der Waals surface area (Å²) in [4.78, 5) is 33.6. The van der Waals surface area contributed by atoms with Gasteiger partial charge in [0, 0.05) is 19.4 Å². The van der Waals surface area contributed by atoms with Crippen LogP contribution in [0.3, 0.4) is 0 Å². The van der Waals surface area contributed by atoms with Gasteiger partial charge in [0.1, 0.15) is 12.7 Å². The number of phosphoric ester groups is 1. The van der Waals surface area contributed by atoms with Crippen LogP contribution in [0.25, 0.3) is 0 Å². The SMILES string of the molecule is CCCCC/C=C\C/C=C\CCCCCCCCCCCC(=O)OCC(O)COP(=O)(O)OCCNC(=O)CCCCCCCCCC. The molecule has 9 nitrogen and oxygen atoms in total. The molecule has 0 saturated carbocycles. The van der Waals surface area contributed by atoms with E-state index in [1.54, 1.807) is 0 Å². The smallest absolute Gasteiger partial charge is 0.463 e. The fourth-order valence-electron chi connectivity index (χ4n) is 5.17. The Bertz CT molecular complexity index is 851. The number of rotatable bonds is 36. The number of carbonyl (C=O) groups is 2. The molecule has 0 aliphatic heterocycles. The minimum absolute atomic E-state index is 0.0832. The molecule has 282 valence electrons. The molecular weight excluding hydrogens is 629 g/mol. The average molecular weight is 702 g/mol. The maximum atomic E-state index is 12.0. The number of carbonyl (C=O) groups excluding carboxylic acids is 2. The van der Waals surface area contributed by atoms with E-state index in [1.807, 2.05) is 0 Å². The van der Waals surface area contributed by atoms with Crippen LogP contribution in [0.2, 0.25) is 0 Å². The van der Waals surface area contributed by atoms with E-state index in [0.717, 1.165) is 44.9 Å². The monoisotopic (exact) mass is 701 g/mol. The van der Waals surface area contributed by atoms with Crippen molar-refractivity contribution in [2.45, 2.75) is 180 Å². The van der Waals surface area contributed by atoms with E-state index >= 15 is 0 Å². The van der Waals surface area contributed by atoms with Crippen molar-refractivity contribution in [3.63, 3.8) is 0 Å². The molecular formula is C38H72NO8P. The minimum atomic E-state index is -4.40. The first-order valence-corrected chi connectivity index (χ1v) is 20.8. The van der Waals surface area contributed by atoms with Gasteiger partial charge in [-0.25, -0.2) is 4.57 Å². The van der Waals surface area contributed by atoms with Gasteiger partial charge in [-0.05, 0) is 44.9 Å². The van der Waals surface area contributed by atoms with Gasteiger partial charge in [0.15, 0.2) is 0 Å². The zero-order valence-corrected chi connectivity index (χ0v) is 31.6. The van der Waals surface area contributed by atoms with Gasteiger partial charge in [0.2, 0.25) is 5.91 Å². The van der Waals surface area contributed by atoms with E-state index in [0.29, 0.717) is 6.42 Å². The van der Waals surface area contributed by atoms with E-state index in [-0.39, 0.29) is 32.1 Å². The lowest BCUT2D eigenvalue weighted by molar-refractivity contribution is -0.147. The number of hydrogen-bond acceptors (Lipinski definition) is 7. The lowest BCUT2D eigenvalue weighted by Crippen LogP contribution is -2.27. The van der Waals surface area contributed by atoms with Crippen LogP contribution in [0.5, 0.6) is 0 Å². The van der Waals surface area contributed by atoms with Crippen LogP contribution in [0.1, 0.15) is 174 Å². The lowest BCUT2D eigenvalue weighted by atomic mass is 10.1. The second kappa shape index (κ2) is 35.3. The number of esters is 1. The van der Waals surface area contributed by atoms with Crippen molar-refractivity contribution in [1.29, 1.82) is 0 Å². The van der Waals surface area contributed by atoms with Crippen LogP contribution >= 0.6 is 7.82 Å². The Balaban J connectivity index is 3.60. The summed E-state index contributed by atoms with van der Waals surface area (Å²) in [5, 5.41) is 12.6. The zero-order valence-electron chi connectivity index (χ0n) is 30.7. The van der Waals surface area contributed by atoms with Crippen molar-refractivity contribution >= 4 is 19.7 Å². The molecule has 0 aromatic rings. The molecule has 0 heterocycles. The van der Waals surface area contributed by atoms with E-state index in [4.69, 9.17) is 13.8 Å². The highest BCUT2D eigenvalue weighted by Gasteiger charge is 2.23. The van der Waals surface area contributed by atoms with Gasteiger partial charge < -0.3 is 20.1 Å². The zero-order chi connectivity index (χ0) is 35.4. The predicted molar refractivity (Wildman–Crippen MR) is 197 cm³/mol. The van der Waals surface area contributed by atoms with Crippen molar-refractivity contribution in [3.05, 3.63) is 24.3 Å². The van der Waals surface area contributed by atoms with Crippen molar-refractivity contribution in [2.75, 3.05) is 26.4 Å². The molecule has 0 spiro atoms. The number of aliphatic hydroxyl groups excluding tert-OH is 1. The molecule has 3 N–H and O–H groups in total. The number of hydrogen-bond donors (Lipinski definition) is 3. The Morgan fingerprint density at radius 1 is 0.646 bits per heavy atom. The standard InChI is InChI=1S/C38H72NO8P/c1-3-5-7-9-11-13-14-15-16-17-18-19-20-21-22-23-25-27-29-31-38(42)45-34-36(40)35-47-48(43,44)46-33-32-39-37(41)30-28-26-24-12-10-8-6-4-2/h11,13,15-16,36,40H,3-10,12,14,17-35H2,1-2H3,(H,39,41)(H,43,44)/b13-11-,16-15-.